The van der Waals surface area contributed by atoms with Gasteiger partial charge in [-0.25, -0.2) is 4.79 Å². The van der Waals surface area contributed by atoms with E-state index in [-0.39, 0.29) is 30.6 Å². The molecule has 1 heterocycles. The molecule has 0 bridgehead atoms. The number of esters is 2. The molecule has 0 spiro atoms. The van der Waals surface area contributed by atoms with Crippen molar-refractivity contribution < 1.29 is 19.1 Å². The van der Waals surface area contributed by atoms with Crippen LogP contribution in [0.1, 0.15) is 29.3 Å². The second-order valence-electron chi connectivity index (χ2n) is 4.66. The third-order valence-corrected chi connectivity index (χ3v) is 2.99. The van der Waals surface area contributed by atoms with E-state index in [0.717, 1.165) is 5.56 Å². The van der Waals surface area contributed by atoms with Gasteiger partial charge in [0.15, 0.2) is 0 Å². The fourth-order valence-electron chi connectivity index (χ4n) is 1.86. The molecule has 0 aromatic heterocycles. The quantitative estimate of drug-likeness (QED) is 0.769. The van der Waals surface area contributed by atoms with Crippen LogP contribution in [0.3, 0.4) is 0 Å². The molecular weight excluding hydrogens is 232 g/mol. The summed E-state index contributed by atoms with van der Waals surface area (Å²) in [7, 11) is 0. The predicted octanol–water partition coefficient (Wildman–Crippen LogP) is 2.10. The van der Waals surface area contributed by atoms with Gasteiger partial charge in [-0.05, 0) is 19.1 Å². The number of rotatable bonds is 3. The minimum absolute atomic E-state index is 0.104. The maximum Gasteiger partial charge on any atom is 0.338 e. The van der Waals surface area contributed by atoms with Crippen LogP contribution >= 0.6 is 0 Å². The van der Waals surface area contributed by atoms with Gasteiger partial charge in [-0.15, -0.1) is 0 Å². The molecule has 0 aliphatic carbocycles. The van der Waals surface area contributed by atoms with Gasteiger partial charge in [-0.3, -0.25) is 4.79 Å². The number of benzene rings is 1. The molecule has 1 aromatic carbocycles. The summed E-state index contributed by atoms with van der Waals surface area (Å²) in [5.41, 5.74) is 1.60. The van der Waals surface area contributed by atoms with Gasteiger partial charge in [0.2, 0.25) is 0 Å². The SMILES string of the molecule is Cc1ccc(C(=O)OC[C@@H]2C[C@H](C)C(=O)O2)cc1. The molecule has 1 aliphatic rings. The Bertz CT molecular complexity index is 449. The summed E-state index contributed by atoms with van der Waals surface area (Å²) < 4.78 is 10.2. The summed E-state index contributed by atoms with van der Waals surface area (Å²) in [6.07, 6.45) is 0.307. The molecule has 18 heavy (non-hydrogen) atoms. The molecule has 0 amide bonds. The Labute approximate surface area is 106 Å². The first-order valence-corrected chi connectivity index (χ1v) is 6.00. The number of carbonyl (C=O) groups is 2. The van der Waals surface area contributed by atoms with E-state index in [4.69, 9.17) is 9.47 Å². The Morgan fingerprint density at radius 3 is 2.61 bits per heavy atom. The minimum Gasteiger partial charge on any atom is -0.458 e. The summed E-state index contributed by atoms with van der Waals surface area (Å²) in [5.74, 6) is -0.704. The largest absolute Gasteiger partial charge is 0.458 e. The summed E-state index contributed by atoms with van der Waals surface area (Å²) in [6, 6.07) is 7.16. The van der Waals surface area contributed by atoms with Crippen LogP contribution < -0.4 is 0 Å². The highest BCUT2D eigenvalue weighted by molar-refractivity contribution is 5.89. The third-order valence-electron chi connectivity index (χ3n) is 2.99. The van der Waals surface area contributed by atoms with E-state index in [9.17, 15) is 9.59 Å². The van der Waals surface area contributed by atoms with Crippen LogP contribution in [0.5, 0.6) is 0 Å². The smallest absolute Gasteiger partial charge is 0.338 e. The van der Waals surface area contributed by atoms with Crippen LogP contribution in [0, 0.1) is 12.8 Å². The van der Waals surface area contributed by atoms with E-state index >= 15 is 0 Å². The molecule has 1 aromatic rings. The number of ether oxygens (including phenoxy) is 2. The lowest BCUT2D eigenvalue weighted by Crippen LogP contribution is -2.18. The summed E-state index contributed by atoms with van der Waals surface area (Å²) in [6.45, 7) is 3.89. The average Bonchev–Trinajstić information content (AvgIpc) is 2.67. The van der Waals surface area contributed by atoms with Crippen molar-refractivity contribution in [2.75, 3.05) is 6.61 Å². The molecule has 4 nitrogen and oxygen atoms in total. The van der Waals surface area contributed by atoms with Crippen LogP contribution in [0.15, 0.2) is 24.3 Å². The highest BCUT2D eigenvalue weighted by Gasteiger charge is 2.31. The van der Waals surface area contributed by atoms with Crippen molar-refractivity contribution in [3.63, 3.8) is 0 Å². The maximum atomic E-state index is 11.7. The van der Waals surface area contributed by atoms with Crippen molar-refractivity contribution in [3.05, 3.63) is 35.4 Å². The van der Waals surface area contributed by atoms with Crippen molar-refractivity contribution in [1.82, 2.24) is 0 Å². The number of carbonyl (C=O) groups excluding carboxylic acids is 2. The van der Waals surface area contributed by atoms with Crippen LogP contribution in [0.25, 0.3) is 0 Å². The average molecular weight is 248 g/mol. The topological polar surface area (TPSA) is 52.6 Å². The van der Waals surface area contributed by atoms with Crippen LogP contribution in [-0.2, 0) is 14.3 Å². The molecule has 0 radical (unpaired) electrons. The molecule has 0 unspecified atom stereocenters. The first-order chi connectivity index (χ1) is 8.56. The number of aryl methyl sites for hydroxylation is 1. The lowest BCUT2D eigenvalue weighted by atomic mass is 10.1. The molecule has 1 aliphatic heterocycles. The third kappa shape index (κ3) is 2.88. The Kier molecular flexibility index (Phi) is 3.65. The van der Waals surface area contributed by atoms with E-state index in [2.05, 4.69) is 0 Å². The Morgan fingerprint density at radius 2 is 2.06 bits per heavy atom. The molecule has 0 N–H and O–H groups in total. The van der Waals surface area contributed by atoms with Crippen molar-refractivity contribution in [2.45, 2.75) is 26.4 Å². The van der Waals surface area contributed by atoms with Gasteiger partial charge >= 0.3 is 11.9 Å². The van der Waals surface area contributed by atoms with E-state index in [1.165, 1.54) is 0 Å². The van der Waals surface area contributed by atoms with Crippen molar-refractivity contribution in [3.8, 4) is 0 Å². The normalized spacial score (nSPS) is 22.7. The predicted molar refractivity (Wildman–Crippen MR) is 65.1 cm³/mol. The van der Waals surface area contributed by atoms with Gasteiger partial charge < -0.3 is 9.47 Å². The zero-order valence-electron chi connectivity index (χ0n) is 10.5. The van der Waals surface area contributed by atoms with Gasteiger partial charge in [0.1, 0.15) is 12.7 Å². The number of hydrogen-bond acceptors (Lipinski definition) is 4. The molecule has 4 heteroatoms. The van der Waals surface area contributed by atoms with Crippen LogP contribution in [-0.4, -0.2) is 24.6 Å². The molecule has 0 saturated carbocycles. The molecule has 96 valence electrons. The number of cyclic esters (lactones) is 1. The summed E-state index contributed by atoms with van der Waals surface area (Å²) in [5, 5.41) is 0. The Balaban J connectivity index is 1.85. The van der Waals surface area contributed by atoms with Crippen molar-refractivity contribution >= 4 is 11.9 Å². The van der Waals surface area contributed by atoms with Crippen molar-refractivity contribution in [1.29, 1.82) is 0 Å². The Morgan fingerprint density at radius 1 is 1.39 bits per heavy atom. The first-order valence-electron chi connectivity index (χ1n) is 6.00. The standard InChI is InChI=1S/C14H16O4/c1-9-3-5-11(6-4-9)14(16)17-8-12-7-10(2)13(15)18-12/h3-6,10,12H,7-8H2,1-2H3/t10-,12-/m0/s1. The lowest BCUT2D eigenvalue weighted by Gasteiger charge is -2.10. The van der Waals surface area contributed by atoms with E-state index in [0.29, 0.717) is 12.0 Å². The fourth-order valence-corrected chi connectivity index (χ4v) is 1.86. The maximum absolute atomic E-state index is 11.7. The van der Waals surface area contributed by atoms with Gasteiger partial charge in [0.25, 0.3) is 0 Å². The van der Waals surface area contributed by atoms with Gasteiger partial charge in [-0.1, -0.05) is 24.6 Å². The fraction of sp³-hybridized carbons (Fsp3) is 0.429. The monoisotopic (exact) mass is 248 g/mol. The van der Waals surface area contributed by atoms with Crippen molar-refractivity contribution in [2.24, 2.45) is 5.92 Å². The molecule has 1 fully saturated rings. The van der Waals surface area contributed by atoms with E-state index in [1.54, 1.807) is 12.1 Å². The molecule has 2 rings (SSSR count). The Hall–Kier alpha value is -1.84. The second-order valence-corrected chi connectivity index (χ2v) is 4.66. The molecule has 1 saturated heterocycles. The van der Waals surface area contributed by atoms with Gasteiger partial charge in [-0.2, -0.15) is 0 Å². The van der Waals surface area contributed by atoms with E-state index in [1.807, 2.05) is 26.0 Å². The highest BCUT2D eigenvalue weighted by Crippen LogP contribution is 2.20. The van der Waals surface area contributed by atoms with Gasteiger partial charge in [0, 0.05) is 6.42 Å². The van der Waals surface area contributed by atoms with Crippen LogP contribution in [0.4, 0.5) is 0 Å². The second kappa shape index (κ2) is 5.21. The highest BCUT2D eigenvalue weighted by atomic mass is 16.6. The minimum atomic E-state index is -0.384. The van der Waals surface area contributed by atoms with Crippen LogP contribution in [0.2, 0.25) is 0 Å². The lowest BCUT2D eigenvalue weighted by molar-refractivity contribution is -0.145. The van der Waals surface area contributed by atoms with Gasteiger partial charge in [0.05, 0.1) is 11.5 Å². The molecule has 2 atom stereocenters. The molecular formula is C14H16O4. The van der Waals surface area contributed by atoms with E-state index < -0.39 is 0 Å². The zero-order valence-corrected chi connectivity index (χ0v) is 10.5. The summed E-state index contributed by atoms with van der Waals surface area (Å²) in [4.78, 5) is 22.9. The number of hydrogen-bond donors (Lipinski definition) is 0. The first kappa shape index (κ1) is 12.6. The zero-order chi connectivity index (χ0) is 13.1. The summed E-state index contributed by atoms with van der Waals surface area (Å²) >= 11 is 0.